The molecule has 5 heteroatoms. The molecule has 140 valence electrons. The summed E-state index contributed by atoms with van der Waals surface area (Å²) >= 11 is 0. The van der Waals surface area contributed by atoms with Crippen molar-refractivity contribution in [2.75, 3.05) is 6.61 Å². The van der Waals surface area contributed by atoms with Crippen molar-refractivity contribution in [1.82, 2.24) is 0 Å². The average Bonchev–Trinajstić information content (AvgIpc) is 2.86. The maximum absolute atomic E-state index is 13.7. The Morgan fingerprint density at radius 3 is 2.52 bits per heavy atom. The molecule has 0 N–H and O–H groups in total. The first-order chi connectivity index (χ1) is 11.5. The van der Waals surface area contributed by atoms with Crippen molar-refractivity contribution in [3.05, 3.63) is 35.6 Å². The van der Waals surface area contributed by atoms with E-state index in [4.69, 9.17) is 9.16 Å². The first-order valence-electron chi connectivity index (χ1n) is 9.06. The van der Waals surface area contributed by atoms with Crippen molar-refractivity contribution in [2.45, 2.75) is 70.7 Å². The molecule has 25 heavy (non-hydrogen) atoms. The van der Waals surface area contributed by atoms with Gasteiger partial charge in [-0.25, -0.2) is 4.39 Å². The van der Waals surface area contributed by atoms with Gasteiger partial charge >= 0.3 is 5.97 Å². The van der Waals surface area contributed by atoms with Crippen LogP contribution in [0.25, 0.3) is 0 Å². The third-order valence-electron chi connectivity index (χ3n) is 5.73. The number of carbonyl (C=O) groups is 1. The van der Waals surface area contributed by atoms with Gasteiger partial charge in [-0.15, -0.1) is 0 Å². The second kappa shape index (κ2) is 7.58. The van der Waals surface area contributed by atoms with Crippen molar-refractivity contribution in [2.24, 2.45) is 5.92 Å². The smallest absolute Gasteiger partial charge is 0.302 e. The van der Waals surface area contributed by atoms with Gasteiger partial charge in [0.1, 0.15) is 11.9 Å². The summed E-state index contributed by atoms with van der Waals surface area (Å²) in [6.07, 6.45) is 1.39. The first kappa shape index (κ1) is 20.1. The van der Waals surface area contributed by atoms with E-state index < -0.39 is 8.32 Å². The number of hydrogen-bond acceptors (Lipinski definition) is 3. The van der Waals surface area contributed by atoms with Crippen LogP contribution in [0.15, 0.2) is 24.3 Å². The lowest BCUT2D eigenvalue weighted by atomic mass is 9.89. The zero-order valence-corrected chi connectivity index (χ0v) is 17.3. The van der Waals surface area contributed by atoms with Crippen LogP contribution in [0.2, 0.25) is 18.1 Å². The van der Waals surface area contributed by atoms with E-state index in [-0.39, 0.29) is 34.8 Å². The van der Waals surface area contributed by atoms with E-state index in [0.29, 0.717) is 6.61 Å². The van der Waals surface area contributed by atoms with Gasteiger partial charge in [0.15, 0.2) is 8.32 Å². The highest BCUT2D eigenvalue weighted by Gasteiger charge is 2.41. The summed E-state index contributed by atoms with van der Waals surface area (Å²) in [7, 11) is -1.85. The summed E-state index contributed by atoms with van der Waals surface area (Å²) in [5.41, 5.74) is 0.971. The summed E-state index contributed by atoms with van der Waals surface area (Å²) in [6.45, 7) is 13.2. The van der Waals surface area contributed by atoms with Crippen molar-refractivity contribution < 1.29 is 18.3 Å². The van der Waals surface area contributed by atoms with E-state index in [2.05, 4.69) is 33.9 Å². The number of carbonyl (C=O) groups excluding carboxylic acids is 1. The molecular weight excluding hydrogens is 335 g/mol. The largest absolute Gasteiger partial charge is 0.463 e. The molecule has 1 aliphatic rings. The maximum atomic E-state index is 13.7. The number of benzene rings is 1. The third kappa shape index (κ3) is 5.14. The van der Waals surface area contributed by atoms with Crippen LogP contribution >= 0.6 is 0 Å². The van der Waals surface area contributed by atoms with Crippen LogP contribution in [-0.2, 0) is 14.0 Å². The average molecular weight is 367 g/mol. The Hall–Kier alpha value is -1.20. The maximum Gasteiger partial charge on any atom is 0.302 e. The molecule has 3 atom stereocenters. The van der Waals surface area contributed by atoms with Gasteiger partial charge in [0.25, 0.3) is 0 Å². The zero-order chi connectivity index (χ0) is 18.8. The minimum atomic E-state index is -1.85. The molecule has 0 radical (unpaired) electrons. The number of esters is 1. The monoisotopic (exact) mass is 366 g/mol. The van der Waals surface area contributed by atoms with Gasteiger partial charge < -0.3 is 9.16 Å². The van der Waals surface area contributed by atoms with E-state index in [1.54, 1.807) is 12.1 Å². The summed E-state index contributed by atoms with van der Waals surface area (Å²) in [4.78, 5) is 11.3. The van der Waals surface area contributed by atoms with Crippen LogP contribution in [0.3, 0.4) is 0 Å². The number of rotatable bonds is 5. The van der Waals surface area contributed by atoms with Gasteiger partial charge in [-0.3, -0.25) is 4.79 Å². The lowest BCUT2D eigenvalue weighted by molar-refractivity contribution is -0.146. The van der Waals surface area contributed by atoms with E-state index in [1.807, 2.05) is 6.07 Å². The molecule has 0 aliphatic heterocycles. The highest BCUT2D eigenvalue weighted by Crippen LogP contribution is 2.43. The van der Waals surface area contributed by atoms with E-state index >= 15 is 0 Å². The Balaban J connectivity index is 2.15. The van der Waals surface area contributed by atoms with Gasteiger partial charge in [0.2, 0.25) is 0 Å². The van der Waals surface area contributed by atoms with Crippen molar-refractivity contribution in [3.63, 3.8) is 0 Å². The second-order valence-corrected chi connectivity index (χ2v) is 13.5. The molecule has 1 aromatic carbocycles. The van der Waals surface area contributed by atoms with Gasteiger partial charge in [-0.1, -0.05) is 32.9 Å². The summed E-state index contributed by atoms with van der Waals surface area (Å²) < 4.78 is 25.5. The van der Waals surface area contributed by atoms with Crippen LogP contribution in [0.5, 0.6) is 0 Å². The first-order valence-corrected chi connectivity index (χ1v) is 12.0. The molecule has 1 fully saturated rings. The minimum absolute atomic E-state index is 0.112. The number of hydrogen-bond donors (Lipinski definition) is 0. The third-order valence-corrected chi connectivity index (χ3v) is 10.2. The summed E-state index contributed by atoms with van der Waals surface area (Å²) in [5.74, 6) is -0.0865. The summed E-state index contributed by atoms with van der Waals surface area (Å²) in [5, 5.41) is 0.148. The van der Waals surface area contributed by atoms with Gasteiger partial charge in [-0.2, -0.15) is 0 Å². The van der Waals surface area contributed by atoms with E-state index in [0.717, 1.165) is 18.4 Å². The topological polar surface area (TPSA) is 35.5 Å². The standard InChI is InChI=1S/C20H31FO3Si/c1-14(22)24-18-11-16(13-23-25(5,6)20(2,3)4)19(12-18)15-8-7-9-17(21)10-15/h7-10,16,18-19H,11-13H2,1-6H3/t16-,18+,19-/m1/s1. The zero-order valence-electron chi connectivity index (χ0n) is 16.3. The molecule has 0 amide bonds. The van der Waals surface area contributed by atoms with Gasteiger partial charge in [0.05, 0.1) is 0 Å². The van der Waals surface area contributed by atoms with E-state index in [9.17, 15) is 9.18 Å². The minimum Gasteiger partial charge on any atom is -0.463 e. The number of ether oxygens (including phenoxy) is 1. The molecular formula is C20H31FO3Si. The van der Waals surface area contributed by atoms with Gasteiger partial charge in [0, 0.05) is 13.5 Å². The molecule has 0 saturated heterocycles. The van der Waals surface area contributed by atoms with Crippen molar-refractivity contribution in [3.8, 4) is 0 Å². The molecule has 1 aliphatic carbocycles. The molecule has 1 aromatic rings. The lowest BCUT2D eigenvalue weighted by Gasteiger charge is -2.37. The Bertz CT molecular complexity index is 609. The number of halogens is 1. The lowest BCUT2D eigenvalue weighted by Crippen LogP contribution is -2.42. The predicted octanol–water partition coefficient (Wildman–Crippen LogP) is 5.27. The predicted molar refractivity (Wildman–Crippen MR) is 101 cm³/mol. The molecule has 0 heterocycles. The fraction of sp³-hybridized carbons (Fsp3) is 0.650. The second-order valence-electron chi connectivity index (χ2n) is 8.70. The summed E-state index contributed by atoms with van der Waals surface area (Å²) in [6, 6.07) is 6.77. The normalized spacial score (nSPS) is 24.4. The van der Waals surface area contributed by atoms with Crippen LogP contribution in [0, 0.1) is 11.7 Å². The van der Waals surface area contributed by atoms with Crippen molar-refractivity contribution >= 4 is 14.3 Å². The van der Waals surface area contributed by atoms with Gasteiger partial charge in [-0.05, 0) is 60.5 Å². The SMILES string of the molecule is CC(=O)O[C@H]1C[C@H](CO[Si](C)(C)C(C)(C)C)[C@@H](c2cccc(F)c2)C1. The van der Waals surface area contributed by atoms with Crippen LogP contribution < -0.4 is 0 Å². The van der Waals surface area contributed by atoms with Crippen LogP contribution in [0.4, 0.5) is 4.39 Å². The Kier molecular flexibility index (Phi) is 6.10. The van der Waals surface area contributed by atoms with Crippen LogP contribution in [0.1, 0.15) is 52.0 Å². The Morgan fingerprint density at radius 1 is 1.28 bits per heavy atom. The Labute approximate surface area is 152 Å². The van der Waals surface area contributed by atoms with Crippen LogP contribution in [-0.4, -0.2) is 27.0 Å². The molecule has 1 saturated carbocycles. The molecule has 0 spiro atoms. The molecule has 2 rings (SSSR count). The molecule has 0 unspecified atom stereocenters. The molecule has 3 nitrogen and oxygen atoms in total. The fourth-order valence-corrected chi connectivity index (χ4v) is 4.33. The van der Waals surface area contributed by atoms with E-state index in [1.165, 1.54) is 13.0 Å². The highest BCUT2D eigenvalue weighted by atomic mass is 28.4. The van der Waals surface area contributed by atoms with Crippen molar-refractivity contribution in [1.29, 1.82) is 0 Å². The quantitative estimate of drug-likeness (QED) is 0.526. The fourth-order valence-electron chi connectivity index (χ4n) is 3.27. The molecule has 0 aromatic heterocycles. The Morgan fingerprint density at radius 2 is 1.96 bits per heavy atom. The highest BCUT2D eigenvalue weighted by molar-refractivity contribution is 6.74. The molecule has 0 bridgehead atoms.